The average Bonchev–Trinajstić information content (AvgIpc) is 3.45. The van der Waals surface area contributed by atoms with Crippen LogP contribution in [0, 0.1) is 0 Å². The standard InChI is InChI=1S/C23H25N3O6/c1-3-29-18-8-6-15(10-19(18)30-4-2)22-25-21(26-32-22)14-5-7-17-16(9-14)11-20(31-17)23(24,12-27)13-28/h5-11,27-28H,3-4,12-13,24H2,1-2H3/i11D. The van der Waals surface area contributed by atoms with E-state index in [-0.39, 0.29) is 11.8 Å². The summed E-state index contributed by atoms with van der Waals surface area (Å²) in [5, 5.41) is 23.6. The van der Waals surface area contributed by atoms with Crippen molar-refractivity contribution in [3.8, 4) is 34.3 Å². The van der Waals surface area contributed by atoms with E-state index >= 15 is 0 Å². The number of rotatable bonds is 9. The minimum atomic E-state index is -1.55. The van der Waals surface area contributed by atoms with E-state index in [0.29, 0.717) is 58.5 Å². The third kappa shape index (κ3) is 4.05. The molecule has 0 aliphatic heterocycles. The van der Waals surface area contributed by atoms with E-state index in [1.165, 1.54) is 0 Å². The van der Waals surface area contributed by atoms with Crippen molar-refractivity contribution < 1.29 is 30.0 Å². The smallest absolute Gasteiger partial charge is 0.258 e. The van der Waals surface area contributed by atoms with Gasteiger partial charge in [-0.3, -0.25) is 0 Å². The molecule has 0 aliphatic rings. The van der Waals surface area contributed by atoms with Crippen LogP contribution < -0.4 is 15.2 Å². The van der Waals surface area contributed by atoms with E-state index in [1.54, 1.807) is 30.3 Å². The summed E-state index contributed by atoms with van der Waals surface area (Å²) in [6.45, 7) is 3.65. The van der Waals surface area contributed by atoms with Crippen LogP contribution in [0.2, 0.25) is 0 Å². The van der Waals surface area contributed by atoms with Crippen LogP contribution >= 0.6 is 0 Å². The maximum atomic E-state index is 9.55. The Bertz CT molecular complexity index is 1260. The summed E-state index contributed by atoms with van der Waals surface area (Å²) in [5.41, 5.74) is 6.11. The minimum Gasteiger partial charge on any atom is -0.490 e. The number of ether oxygens (including phenoxy) is 2. The zero-order valence-electron chi connectivity index (χ0n) is 18.8. The Balaban J connectivity index is 1.69. The molecule has 0 saturated carbocycles. The van der Waals surface area contributed by atoms with E-state index in [9.17, 15) is 10.2 Å². The van der Waals surface area contributed by atoms with Gasteiger partial charge in [-0.15, -0.1) is 0 Å². The van der Waals surface area contributed by atoms with Crippen LogP contribution in [-0.4, -0.2) is 46.8 Å². The average molecular weight is 440 g/mol. The predicted molar refractivity (Wildman–Crippen MR) is 117 cm³/mol. The van der Waals surface area contributed by atoms with Gasteiger partial charge in [0.15, 0.2) is 11.5 Å². The van der Waals surface area contributed by atoms with Crippen LogP contribution in [0.3, 0.4) is 0 Å². The summed E-state index contributed by atoms with van der Waals surface area (Å²) in [6, 6.07) is 10.4. The number of nitrogens with zero attached hydrogens (tertiary/aromatic N) is 2. The maximum absolute atomic E-state index is 9.55. The van der Waals surface area contributed by atoms with E-state index in [0.717, 1.165) is 0 Å². The molecule has 0 atom stereocenters. The number of fused-ring (bicyclic) bond motifs is 1. The topological polar surface area (TPSA) is 137 Å². The molecular formula is C23H25N3O6. The van der Waals surface area contributed by atoms with E-state index in [4.69, 9.17) is 25.5 Å². The highest BCUT2D eigenvalue weighted by atomic mass is 16.5. The maximum Gasteiger partial charge on any atom is 0.258 e. The molecule has 0 bridgehead atoms. The van der Waals surface area contributed by atoms with Gasteiger partial charge in [0.25, 0.3) is 5.89 Å². The number of hydrogen-bond acceptors (Lipinski definition) is 9. The molecule has 0 spiro atoms. The molecule has 32 heavy (non-hydrogen) atoms. The summed E-state index contributed by atoms with van der Waals surface area (Å²) in [6.07, 6.45) is 0. The second-order valence-corrected chi connectivity index (χ2v) is 7.19. The summed E-state index contributed by atoms with van der Waals surface area (Å²) in [4.78, 5) is 4.48. The fourth-order valence-electron chi connectivity index (χ4n) is 3.18. The lowest BCUT2D eigenvalue weighted by Crippen LogP contribution is -2.43. The van der Waals surface area contributed by atoms with Gasteiger partial charge in [-0.2, -0.15) is 4.98 Å². The SMILES string of the molecule is [2H]c1c(C(N)(CO)CO)oc2ccc(-c3noc(-c4ccc(OCC)c(OCC)c4)n3)cc12. The van der Waals surface area contributed by atoms with Crippen molar-refractivity contribution >= 4 is 11.0 Å². The van der Waals surface area contributed by atoms with Gasteiger partial charge in [0.2, 0.25) is 5.82 Å². The van der Waals surface area contributed by atoms with Gasteiger partial charge >= 0.3 is 0 Å². The summed E-state index contributed by atoms with van der Waals surface area (Å²) >= 11 is 0. The lowest BCUT2D eigenvalue weighted by Gasteiger charge is -2.21. The quantitative estimate of drug-likeness (QED) is 0.358. The Kier molecular flexibility index (Phi) is 5.76. The summed E-state index contributed by atoms with van der Waals surface area (Å²) in [7, 11) is 0. The molecule has 2 aromatic heterocycles. The number of aliphatic hydroxyl groups excluding tert-OH is 2. The normalized spacial score (nSPS) is 12.2. The van der Waals surface area contributed by atoms with E-state index in [2.05, 4.69) is 10.1 Å². The van der Waals surface area contributed by atoms with Crippen molar-refractivity contribution in [2.45, 2.75) is 19.4 Å². The van der Waals surface area contributed by atoms with Gasteiger partial charge in [0.1, 0.15) is 16.9 Å². The van der Waals surface area contributed by atoms with Crippen molar-refractivity contribution in [1.82, 2.24) is 10.1 Å². The molecule has 0 fully saturated rings. The second kappa shape index (κ2) is 8.99. The Morgan fingerprint density at radius 2 is 1.75 bits per heavy atom. The van der Waals surface area contributed by atoms with Crippen molar-refractivity contribution in [1.29, 1.82) is 0 Å². The molecule has 4 aromatic rings. The molecule has 0 unspecified atom stereocenters. The van der Waals surface area contributed by atoms with Crippen molar-refractivity contribution in [2.24, 2.45) is 5.73 Å². The predicted octanol–water partition coefficient (Wildman–Crippen LogP) is 3.09. The number of aromatic nitrogens is 2. The second-order valence-electron chi connectivity index (χ2n) is 7.19. The molecule has 2 heterocycles. The molecule has 0 saturated heterocycles. The molecule has 168 valence electrons. The highest BCUT2D eigenvalue weighted by molar-refractivity contribution is 5.83. The summed E-state index contributed by atoms with van der Waals surface area (Å²) < 4.78 is 30.8. The van der Waals surface area contributed by atoms with Crippen molar-refractivity contribution in [3.63, 3.8) is 0 Å². The number of aliphatic hydroxyl groups is 2. The van der Waals surface area contributed by atoms with Crippen molar-refractivity contribution in [2.75, 3.05) is 26.4 Å². The van der Waals surface area contributed by atoms with Crippen LogP contribution in [-0.2, 0) is 5.54 Å². The third-order valence-corrected chi connectivity index (χ3v) is 4.93. The largest absolute Gasteiger partial charge is 0.490 e. The molecular weight excluding hydrogens is 414 g/mol. The first-order valence-corrected chi connectivity index (χ1v) is 10.2. The van der Waals surface area contributed by atoms with Gasteiger partial charge in [-0.25, -0.2) is 0 Å². The Labute approximate surface area is 185 Å². The highest BCUT2D eigenvalue weighted by Gasteiger charge is 2.30. The lowest BCUT2D eigenvalue weighted by molar-refractivity contribution is 0.105. The van der Waals surface area contributed by atoms with E-state index < -0.39 is 18.8 Å². The monoisotopic (exact) mass is 440 g/mol. The third-order valence-electron chi connectivity index (χ3n) is 4.93. The van der Waals surface area contributed by atoms with Gasteiger partial charge in [0.05, 0.1) is 27.8 Å². The van der Waals surface area contributed by atoms with E-state index in [1.807, 2.05) is 19.9 Å². The first kappa shape index (κ1) is 20.5. The van der Waals surface area contributed by atoms with Crippen LogP contribution in [0.25, 0.3) is 33.8 Å². The molecule has 0 amide bonds. The number of hydrogen-bond donors (Lipinski definition) is 3. The highest BCUT2D eigenvalue weighted by Crippen LogP contribution is 2.34. The Morgan fingerprint density at radius 3 is 2.47 bits per heavy atom. The van der Waals surface area contributed by atoms with Gasteiger partial charge in [0, 0.05) is 16.5 Å². The van der Waals surface area contributed by atoms with Crippen molar-refractivity contribution in [3.05, 3.63) is 48.2 Å². The summed E-state index contributed by atoms with van der Waals surface area (Å²) in [5.74, 6) is 1.85. The minimum absolute atomic E-state index is 0.00583. The molecule has 4 N–H and O–H groups in total. The molecule has 0 radical (unpaired) electrons. The van der Waals surface area contributed by atoms with Crippen LogP contribution in [0.1, 0.15) is 21.0 Å². The lowest BCUT2D eigenvalue weighted by atomic mass is 10.00. The van der Waals surface area contributed by atoms with Gasteiger partial charge in [-0.1, -0.05) is 5.16 Å². The van der Waals surface area contributed by atoms with Gasteiger partial charge < -0.3 is 34.4 Å². The molecule has 9 heteroatoms. The molecule has 0 aliphatic carbocycles. The molecule has 9 nitrogen and oxygen atoms in total. The number of furan rings is 1. The zero-order valence-corrected chi connectivity index (χ0v) is 17.8. The van der Waals surface area contributed by atoms with Crippen LogP contribution in [0.15, 0.2) is 51.4 Å². The Morgan fingerprint density at radius 1 is 1.03 bits per heavy atom. The first-order chi connectivity index (χ1) is 15.9. The fraction of sp³-hybridized carbons (Fsp3) is 0.304. The van der Waals surface area contributed by atoms with Gasteiger partial charge in [-0.05, 0) is 56.3 Å². The molecule has 4 rings (SSSR count). The fourth-order valence-corrected chi connectivity index (χ4v) is 3.18. The van der Waals surface area contributed by atoms with Crippen LogP contribution in [0.5, 0.6) is 11.5 Å². The zero-order chi connectivity index (χ0) is 23.6. The first-order valence-electron chi connectivity index (χ1n) is 10.7. The Hall–Kier alpha value is -3.40. The van der Waals surface area contributed by atoms with Crippen LogP contribution in [0.4, 0.5) is 0 Å². The number of benzene rings is 2. The number of nitrogens with two attached hydrogens (primary N) is 1. The molecule has 2 aromatic carbocycles.